The highest BCUT2D eigenvalue weighted by molar-refractivity contribution is 6.23. The largest absolute Gasteiger partial charge is 0.443 e. The van der Waals surface area contributed by atoms with E-state index in [-0.39, 0.29) is 47.8 Å². The molecule has 0 aromatic heterocycles. The summed E-state index contributed by atoms with van der Waals surface area (Å²) in [4.78, 5) is 63.6. The first kappa shape index (κ1) is 36.7. The first-order valence-electron chi connectivity index (χ1n) is 14.4. The Morgan fingerprint density at radius 3 is 2.33 bits per heavy atom. The summed E-state index contributed by atoms with van der Waals surface area (Å²) in [5.74, 6) is -2.39. The summed E-state index contributed by atoms with van der Waals surface area (Å²) in [6.07, 6.45) is 3.88. The van der Waals surface area contributed by atoms with E-state index in [2.05, 4.69) is 17.2 Å². The Morgan fingerprint density at radius 1 is 1.09 bits per heavy atom. The predicted molar refractivity (Wildman–Crippen MR) is 166 cm³/mol. The molecular formula is C32H44N4O9. The predicted octanol–water partition coefficient (Wildman–Crippen LogP) is 2.64. The van der Waals surface area contributed by atoms with E-state index in [9.17, 15) is 24.0 Å². The van der Waals surface area contributed by atoms with Crippen LogP contribution in [0.5, 0.6) is 0 Å². The lowest BCUT2D eigenvalue weighted by Gasteiger charge is -2.32. The van der Waals surface area contributed by atoms with Gasteiger partial charge in [-0.25, -0.2) is 9.59 Å². The van der Waals surface area contributed by atoms with Crippen molar-refractivity contribution in [3.05, 3.63) is 71.1 Å². The Kier molecular flexibility index (Phi) is 14.0. The van der Waals surface area contributed by atoms with Crippen LogP contribution < -0.4 is 22.1 Å². The van der Waals surface area contributed by atoms with Crippen LogP contribution in [-0.4, -0.2) is 74.8 Å². The number of hydrogen-bond acceptors (Lipinski definition) is 10. The molecule has 0 fully saturated rings. The van der Waals surface area contributed by atoms with Gasteiger partial charge in [-0.05, 0) is 38.2 Å². The highest BCUT2D eigenvalue weighted by Crippen LogP contribution is 2.30. The molecule has 0 spiro atoms. The number of carbonyl (C=O) groups excluding carboxylic acids is 5. The van der Waals surface area contributed by atoms with Crippen LogP contribution in [0.3, 0.4) is 0 Å². The van der Waals surface area contributed by atoms with E-state index < -0.39 is 60.0 Å². The van der Waals surface area contributed by atoms with Crippen molar-refractivity contribution in [3.8, 4) is 0 Å². The molecule has 0 aromatic carbocycles. The van der Waals surface area contributed by atoms with E-state index in [0.29, 0.717) is 5.57 Å². The van der Waals surface area contributed by atoms with Gasteiger partial charge in [-0.3, -0.25) is 14.4 Å². The maximum Gasteiger partial charge on any atom is 0.405 e. The van der Waals surface area contributed by atoms with Gasteiger partial charge in [0, 0.05) is 43.9 Å². The molecule has 13 nitrogen and oxygen atoms in total. The van der Waals surface area contributed by atoms with E-state index in [0.717, 1.165) is 6.08 Å². The normalized spacial score (nSPS) is 30.1. The molecule has 246 valence electrons. The Morgan fingerprint density at radius 2 is 1.76 bits per heavy atom. The number of hydrogen-bond donors (Lipinski definition) is 4. The van der Waals surface area contributed by atoms with Crippen molar-refractivity contribution in [2.75, 3.05) is 20.8 Å². The summed E-state index contributed by atoms with van der Waals surface area (Å²) in [5.41, 5.74) is 11.7. The fraction of sp³-hybridized carbons (Fsp3) is 0.469. The molecule has 0 aromatic rings. The average molecular weight is 629 g/mol. The third kappa shape index (κ3) is 10.3. The molecule has 2 aliphatic rings. The third-order valence-corrected chi connectivity index (χ3v) is 7.43. The quantitative estimate of drug-likeness (QED) is 0.240. The van der Waals surface area contributed by atoms with Crippen molar-refractivity contribution in [2.45, 2.75) is 65.0 Å². The summed E-state index contributed by atoms with van der Waals surface area (Å²) in [6, 6.07) is 0. The van der Waals surface area contributed by atoms with Gasteiger partial charge in [0.2, 0.25) is 11.6 Å². The van der Waals surface area contributed by atoms with Crippen molar-refractivity contribution in [3.63, 3.8) is 0 Å². The second-order valence-corrected chi connectivity index (χ2v) is 11.0. The number of allylic oxidation sites excluding steroid dienone is 4. The molecule has 6 atom stereocenters. The smallest absolute Gasteiger partial charge is 0.405 e. The second-order valence-electron chi connectivity index (χ2n) is 11.0. The molecule has 0 saturated heterocycles. The second kappa shape index (κ2) is 17.1. The van der Waals surface area contributed by atoms with Crippen LogP contribution >= 0.6 is 0 Å². The van der Waals surface area contributed by atoms with Crippen molar-refractivity contribution in [2.24, 2.45) is 23.3 Å². The van der Waals surface area contributed by atoms with Gasteiger partial charge in [0.05, 0.1) is 17.5 Å². The van der Waals surface area contributed by atoms with Gasteiger partial charge in [-0.15, -0.1) is 6.58 Å². The summed E-state index contributed by atoms with van der Waals surface area (Å²) < 4.78 is 22.2. The minimum Gasteiger partial charge on any atom is -0.443 e. The summed E-state index contributed by atoms with van der Waals surface area (Å²) in [7, 11) is 2.86. The van der Waals surface area contributed by atoms with E-state index >= 15 is 0 Å². The maximum atomic E-state index is 13.7. The number of fused-ring (bicyclic) bond motifs is 2. The number of primary amides is 2. The monoisotopic (exact) mass is 628 g/mol. The third-order valence-electron chi connectivity index (χ3n) is 7.43. The zero-order valence-electron chi connectivity index (χ0n) is 26.6. The minimum absolute atomic E-state index is 0.114. The Balaban J connectivity index is 2.72. The van der Waals surface area contributed by atoms with Crippen LogP contribution in [0.1, 0.15) is 40.5 Å². The fourth-order valence-corrected chi connectivity index (χ4v) is 5.26. The van der Waals surface area contributed by atoms with Gasteiger partial charge in [-0.1, -0.05) is 44.2 Å². The average Bonchev–Trinajstić information content (AvgIpc) is 2.97. The molecule has 3 amide bonds. The number of nitrogens with one attached hydrogen (secondary N) is 2. The van der Waals surface area contributed by atoms with Gasteiger partial charge >= 0.3 is 12.2 Å². The molecule has 0 saturated carbocycles. The number of carbonyl (C=O) groups is 5. The zero-order valence-corrected chi connectivity index (χ0v) is 26.6. The van der Waals surface area contributed by atoms with Gasteiger partial charge < -0.3 is 41.0 Å². The fourth-order valence-electron chi connectivity index (χ4n) is 5.26. The van der Waals surface area contributed by atoms with Crippen LogP contribution in [-0.2, 0) is 33.3 Å². The van der Waals surface area contributed by atoms with Gasteiger partial charge in [0.25, 0.3) is 5.91 Å². The molecule has 0 unspecified atom stereocenters. The Hall–Kier alpha value is -4.49. The first-order valence-corrected chi connectivity index (χ1v) is 14.4. The van der Waals surface area contributed by atoms with E-state index in [1.807, 2.05) is 6.92 Å². The molecule has 0 radical (unpaired) electrons. The van der Waals surface area contributed by atoms with Gasteiger partial charge in [0.15, 0.2) is 6.10 Å². The minimum atomic E-state index is -1.04. The highest BCUT2D eigenvalue weighted by atomic mass is 16.6. The number of Topliss-reactive ketones (excluding diaryl/α,β-unsaturated/α-hetero) is 1. The van der Waals surface area contributed by atoms with Crippen molar-refractivity contribution >= 4 is 29.7 Å². The van der Waals surface area contributed by atoms with E-state index in [4.69, 9.17) is 30.4 Å². The summed E-state index contributed by atoms with van der Waals surface area (Å²) >= 11 is 0. The molecule has 13 heteroatoms. The molecule has 1 aliphatic carbocycles. The number of ketones is 2. The lowest BCUT2D eigenvalue weighted by atomic mass is 9.85. The summed E-state index contributed by atoms with van der Waals surface area (Å²) in [5, 5.41) is 5.50. The van der Waals surface area contributed by atoms with Crippen LogP contribution in [0, 0.1) is 11.8 Å². The van der Waals surface area contributed by atoms with Crippen molar-refractivity contribution in [1.82, 2.24) is 10.6 Å². The molecule has 2 bridgehead atoms. The number of rotatable bonds is 7. The van der Waals surface area contributed by atoms with E-state index in [1.54, 1.807) is 32.1 Å². The van der Waals surface area contributed by atoms with Gasteiger partial charge in [0.1, 0.15) is 12.2 Å². The number of ether oxygens (including phenoxy) is 4. The van der Waals surface area contributed by atoms with Gasteiger partial charge in [-0.2, -0.15) is 0 Å². The molecule has 2 rings (SSSR count). The highest BCUT2D eigenvalue weighted by Gasteiger charge is 2.35. The molecule has 45 heavy (non-hydrogen) atoms. The van der Waals surface area contributed by atoms with Crippen LogP contribution in [0.25, 0.3) is 0 Å². The number of amides is 3. The molecule has 1 aliphatic heterocycles. The van der Waals surface area contributed by atoms with E-state index in [1.165, 1.54) is 33.3 Å². The van der Waals surface area contributed by atoms with Crippen molar-refractivity contribution < 1.29 is 42.9 Å². The SMILES string of the molecule is C=CCNC1=C2C[C@@H](C)C[C@H](OC)[C@H](OC(N)=O)[C@@H](C)/C=C(\C)[C@H](OC(N)=O)[C@@H](OC)/C=C\C=C(/C)C(=O)NC(=CC1=O)C2=O. The lowest BCUT2D eigenvalue weighted by molar-refractivity contribution is -0.120. The molecular weight excluding hydrogens is 584 g/mol. The zero-order chi connectivity index (χ0) is 33.8. The number of methoxy groups -OCH3 is 2. The summed E-state index contributed by atoms with van der Waals surface area (Å²) in [6.45, 7) is 10.8. The van der Waals surface area contributed by atoms with Crippen LogP contribution in [0.2, 0.25) is 0 Å². The van der Waals surface area contributed by atoms with Crippen molar-refractivity contribution in [1.29, 1.82) is 0 Å². The topological polar surface area (TPSA) is 198 Å². The maximum absolute atomic E-state index is 13.7. The first-order chi connectivity index (χ1) is 21.2. The standard InChI is InChI=1S/C32H44N4O9/c1-8-12-35-26-21-13-17(2)14-25(43-7)29(45-32(34)41)20(5)15-19(4)28(44-31(33)40)24(42-6)11-9-10-18(3)30(39)36-22(27(21)38)16-23(26)37/h8-11,15-17,20,24-25,28-29,35H,1,12-14H2,2-7H3,(H2,33,40)(H2,34,41)(H,36,39)/b11-9-,18-10+,19-15+/t17-,20+,24+,25+,28+,29-/m1/s1. The Labute approximate surface area is 263 Å². The molecule has 6 N–H and O–H groups in total. The molecule has 1 heterocycles. The Bertz CT molecular complexity index is 1330. The van der Waals surface area contributed by atoms with Crippen LogP contribution in [0.15, 0.2) is 71.1 Å². The van der Waals surface area contributed by atoms with Crippen LogP contribution in [0.4, 0.5) is 9.59 Å². The number of nitrogens with two attached hydrogens (primary N) is 2. The lowest BCUT2D eigenvalue weighted by Crippen LogP contribution is -2.41.